The average Bonchev–Trinajstić information content (AvgIpc) is 2.78. The molecule has 0 saturated heterocycles. The number of halogens is 1. The van der Waals surface area contributed by atoms with Crippen molar-refractivity contribution < 1.29 is 0 Å². The number of benzene rings is 1. The summed E-state index contributed by atoms with van der Waals surface area (Å²) in [7, 11) is 0. The van der Waals surface area contributed by atoms with E-state index in [4.69, 9.17) is 22.3 Å². The third-order valence-electron chi connectivity index (χ3n) is 3.60. The van der Waals surface area contributed by atoms with Crippen molar-refractivity contribution in [2.45, 2.75) is 20.4 Å². The number of rotatable bonds is 2. The lowest BCUT2D eigenvalue weighted by Crippen LogP contribution is -1.97. The van der Waals surface area contributed by atoms with Crippen LogP contribution < -0.4 is 5.73 Å². The zero-order valence-electron chi connectivity index (χ0n) is 11.5. The average molecular weight is 286 g/mol. The van der Waals surface area contributed by atoms with Crippen LogP contribution in [0.2, 0.25) is 5.02 Å². The molecule has 0 bridgehead atoms. The number of fused-ring (bicyclic) bond motifs is 1. The Bertz CT molecular complexity index is 790. The number of aromatic nitrogens is 2. The molecule has 0 saturated carbocycles. The van der Waals surface area contributed by atoms with Gasteiger partial charge in [-0.1, -0.05) is 17.7 Å². The van der Waals surface area contributed by atoms with Crippen LogP contribution in [0.25, 0.3) is 16.9 Å². The molecule has 0 unspecified atom stereocenters. The van der Waals surface area contributed by atoms with E-state index in [0.717, 1.165) is 38.7 Å². The Morgan fingerprint density at radius 1 is 1.20 bits per heavy atom. The molecule has 0 amide bonds. The minimum absolute atomic E-state index is 0.526. The lowest BCUT2D eigenvalue weighted by molar-refractivity contribution is 1.04. The summed E-state index contributed by atoms with van der Waals surface area (Å²) in [6.45, 7) is 4.60. The first-order chi connectivity index (χ1) is 9.60. The zero-order chi connectivity index (χ0) is 14.3. The van der Waals surface area contributed by atoms with Crippen molar-refractivity contribution in [2.24, 2.45) is 5.73 Å². The molecule has 20 heavy (non-hydrogen) atoms. The molecule has 0 atom stereocenters. The predicted molar refractivity (Wildman–Crippen MR) is 83.0 cm³/mol. The Kier molecular flexibility index (Phi) is 3.24. The fourth-order valence-corrected chi connectivity index (χ4v) is 2.52. The van der Waals surface area contributed by atoms with Crippen LogP contribution in [0.15, 0.2) is 36.5 Å². The molecule has 3 nitrogen and oxygen atoms in total. The van der Waals surface area contributed by atoms with Crippen molar-refractivity contribution >= 4 is 17.2 Å². The lowest BCUT2D eigenvalue weighted by atomic mass is 10.1. The van der Waals surface area contributed by atoms with E-state index < -0.39 is 0 Å². The van der Waals surface area contributed by atoms with Crippen LogP contribution in [-0.2, 0) is 6.54 Å². The van der Waals surface area contributed by atoms with Crippen molar-refractivity contribution in [3.05, 3.63) is 58.4 Å². The number of nitrogens with two attached hydrogens (primary N) is 1. The molecule has 4 heteroatoms. The van der Waals surface area contributed by atoms with E-state index >= 15 is 0 Å². The fourth-order valence-electron chi connectivity index (χ4n) is 2.40. The van der Waals surface area contributed by atoms with Crippen molar-refractivity contribution in [1.29, 1.82) is 0 Å². The van der Waals surface area contributed by atoms with Gasteiger partial charge < -0.3 is 10.1 Å². The highest BCUT2D eigenvalue weighted by molar-refractivity contribution is 6.31. The smallest absolute Gasteiger partial charge is 0.137 e. The molecule has 0 fully saturated rings. The van der Waals surface area contributed by atoms with E-state index in [1.165, 1.54) is 0 Å². The zero-order valence-corrected chi connectivity index (χ0v) is 12.3. The van der Waals surface area contributed by atoms with Crippen LogP contribution in [0.1, 0.15) is 16.8 Å². The minimum Gasteiger partial charge on any atom is -0.326 e. The largest absolute Gasteiger partial charge is 0.326 e. The number of imidazole rings is 1. The highest BCUT2D eigenvalue weighted by atomic mass is 35.5. The molecule has 2 N–H and O–H groups in total. The monoisotopic (exact) mass is 285 g/mol. The maximum Gasteiger partial charge on any atom is 0.137 e. The summed E-state index contributed by atoms with van der Waals surface area (Å²) in [5.74, 6) is 0. The van der Waals surface area contributed by atoms with Gasteiger partial charge in [-0.05, 0) is 49.2 Å². The first-order valence-corrected chi connectivity index (χ1v) is 6.92. The molecule has 0 aliphatic carbocycles. The molecule has 0 spiro atoms. The van der Waals surface area contributed by atoms with Crippen molar-refractivity contribution in [3.8, 4) is 11.3 Å². The van der Waals surface area contributed by atoms with Crippen LogP contribution in [0.3, 0.4) is 0 Å². The van der Waals surface area contributed by atoms with Gasteiger partial charge in [-0.2, -0.15) is 0 Å². The topological polar surface area (TPSA) is 43.3 Å². The Labute approximate surface area is 123 Å². The number of pyridine rings is 1. The Morgan fingerprint density at radius 2 is 2.00 bits per heavy atom. The minimum atomic E-state index is 0.526. The number of hydrogen-bond acceptors (Lipinski definition) is 2. The van der Waals surface area contributed by atoms with Crippen LogP contribution in [0.5, 0.6) is 0 Å². The number of nitrogens with zero attached hydrogens (tertiary/aromatic N) is 2. The van der Waals surface area contributed by atoms with E-state index in [0.29, 0.717) is 6.54 Å². The van der Waals surface area contributed by atoms with Gasteiger partial charge in [0.15, 0.2) is 0 Å². The van der Waals surface area contributed by atoms with Gasteiger partial charge in [-0.25, -0.2) is 4.98 Å². The first-order valence-electron chi connectivity index (χ1n) is 6.54. The summed E-state index contributed by atoms with van der Waals surface area (Å²) >= 11 is 6.09. The predicted octanol–water partition coefficient (Wildman–Crippen LogP) is 3.73. The maximum absolute atomic E-state index is 6.09. The molecule has 102 valence electrons. The molecular weight excluding hydrogens is 270 g/mol. The number of aryl methyl sites for hydroxylation is 2. The summed E-state index contributed by atoms with van der Waals surface area (Å²) in [4.78, 5) is 4.73. The Hall–Kier alpha value is -1.84. The SMILES string of the molecule is Cc1cc(-c2nc3cc(CN)ccn3c2C)ccc1Cl. The standard InChI is InChI=1S/C16H16ClN3/c1-10-7-13(3-4-14(10)17)16-11(2)20-6-5-12(9-18)8-15(20)19-16/h3-8H,9,18H2,1-2H3. The third-order valence-corrected chi connectivity index (χ3v) is 4.02. The van der Waals surface area contributed by atoms with E-state index in [2.05, 4.69) is 17.4 Å². The van der Waals surface area contributed by atoms with Crippen molar-refractivity contribution in [1.82, 2.24) is 9.38 Å². The fraction of sp³-hybridized carbons (Fsp3) is 0.188. The molecule has 3 rings (SSSR count). The second-order valence-electron chi connectivity index (χ2n) is 4.98. The molecule has 2 aromatic heterocycles. The van der Waals surface area contributed by atoms with E-state index in [1.54, 1.807) is 0 Å². The van der Waals surface area contributed by atoms with E-state index in [-0.39, 0.29) is 0 Å². The van der Waals surface area contributed by atoms with Crippen molar-refractivity contribution in [2.75, 3.05) is 0 Å². The highest BCUT2D eigenvalue weighted by Crippen LogP contribution is 2.27. The van der Waals surface area contributed by atoms with Gasteiger partial charge in [0.05, 0.1) is 5.69 Å². The molecule has 3 aromatic rings. The highest BCUT2D eigenvalue weighted by Gasteiger charge is 2.11. The molecule has 2 heterocycles. The van der Waals surface area contributed by atoms with Crippen LogP contribution >= 0.6 is 11.6 Å². The molecule has 0 aliphatic rings. The van der Waals surface area contributed by atoms with Gasteiger partial charge in [-0.3, -0.25) is 0 Å². The summed E-state index contributed by atoms with van der Waals surface area (Å²) < 4.78 is 2.08. The van der Waals surface area contributed by atoms with Gasteiger partial charge in [0.1, 0.15) is 5.65 Å². The number of hydrogen-bond donors (Lipinski definition) is 1. The molecule has 0 radical (unpaired) electrons. The summed E-state index contributed by atoms with van der Waals surface area (Å²) in [5.41, 5.74) is 11.9. The van der Waals surface area contributed by atoms with Crippen LogP contribution in [-0.4, -0.2) is 9.38 Å². The summed E-state index contributed by atoms with van der Waals surface area (Å²) in [6, 6.07) is 10.0. The normalized spacial score (nSPS) is 11.2. The summed E-state index contributed by atoms with van der Waals surface area (Å²) in [5, 5.41) is 0.778. The van der Waals surface area contributed by atoms with Crippen molar-refractivity contribution in [3.63, 3.8) is 0 Å². The van der Waals surface area contributed by atoms with Gasteiger partial charge >= 0.3 is 0 Å². The van der Waals surface area contributed by atoms with Crippen LogP contribution in [0.4, 0.5) is 0 Å². The maximum atomic E-state index is 6.09. The Balaban J connectivity index is 2.20. The van der Waals surface area contributed by atoms with Gasteiger partial charge in [0, 0.05) is 29.0 Å². The van der Waals surface area contributed by atoms with E-state index in [1.807, 2.05) is 37.4 Å². The van der Waals surface area contributed by atoms with Gasteiger partial charge in [0.25, 0.3) is 0 Å². The quantitative estimate of drug-likeness (QED) is 0.779. The lowest BCUT2D eigenvalue weighted by Gasteiger charge is -2.03. The molecular formula is C16H16ClN3. The first kappa shape index (κ1) is 13.2. The third kappa shape index (κ3) is 2.09. The van der Waals surface area contributed by atoms with Gasteiger partial charge in [-0.15, -0.1) is 0 Å². The van der Waals surface area contributed by atoms with E-state index in [9.17, 15) is 0 Å². The van der Waals surface area contributed by atoms with Crippen LogP contribution in [0, 0.1) is 13.8 Å². The second-order valence-corrected chi connectivity index (χ2v) is 5.38. The second kappa shape index (κ2) is 4.93. The Morgan fingerprint density at radius 3 is 2.70 bits per heavy atom. The van der Waals surface area contributed by atoms with Gasteiger partial charge in [0.2, 0.25) is 0 Å². The molecule has 1 aromatic carbocycles. The molecule has 0 aliphatic heterocycles. The summed E-state index contributed by atoms with van der Waals surface area (Å²) in [6.07, 6.45) is 2.02.